The van der Waals surface area contributed by atoms with Crippen molar-refractivity contribution in [3.05, 3.63) is 0 Å². The van der Waals surface area contributed by atoms with E-state index >= 15 is 0 Å². The van der Waals surface area contributed by atoms with Gasteiger partial charge in [0.1, 0.15) is 24.4 Å². The summed E-state index contributed by atoms with van der Waals surface area (Å²) in [4.78, 5) is 25.9. The van der Waals surface area contributed by atoms with Gasteiger partial charge in [-0.3, -0.25) is 9.59 Å². The minimum Gasteiger partial charge on any atom is -0.455 e. The van der Waals surface area contributed by atoms with Crippen molar-refractivity contribution < 1.29 is 86.1 Å². The molecule has 0 aromatic rings. The Kier molecular flexibility index (Phi) is 15.2. The van der Waals surface area contributed by atoms with Crippen LogP contribution < -0.4 is 0 Å². The first-order valence-electron chi connectivity index (χ1n) is 25.6. The summed E-state index contributed by atoms with van der Waals surface area (Å²) < 4.78 is 88.0. The summed E-state index contributed by atoms with van der Waals surface area (Å²) in [5, 5.41) is 21.9. The number of hydrogen-bond donors (Lipinski definition) is 2. The first kappa shape index (κ1) is 51.4. The van der Waals surface area contributed by atoms with E-state index in [1.54, 1.807) is 28.3 Å². The normalized spacial score (nSPS) is 53.8. The van der Waals surface area contributed by atoms with Crippen LogP contribution in [0, 0.1) is 28.6 Å². The summed E-state index contributed by atoms with van der Waals surface area (Å²) in [5.41, 5.74) is -0.851. The van der Waals surface area contributed by atoms with Gasteiger partial charge in [0.2, 0.25) is 0 Å². The lowest BCUT2D eigenvalue weighted by Gasteiger charge is -2.57. The van der Waals surface area contributed by atoms with Crippen LogP contribution in [-0.4, -0.2) is 172 Å². The van der Waals surface area contributed by atoms with Crippen LogP contribution in [0.1, 0.15) is 126 Å². The van der Waals surface area contributed by atoms with Gasteiger partial charge in [0, 0.05) is 72.2 Å². The molecule has 0 aromatic carbocycles. The molecule has 2 N–H and O–H groups in total. The fourth-order valence-corrected chi connectivity index (χ4v) is 14.4. The second kappa shape index (κ2) is 20.1. The average Bonchev–Trinajstić information content (AvgIpc) is 3.78. The molecule has 0 radical (unpaired) electrons. The Bertz CT molecular complexity index is 1760. The molecule has 0 aromatic heterocycles. The van der Waals surface area contributed by atoms with E-state index in [4.69, 9.17) is 66.3 Å². The van der Waals surface area contributed by atoms with Crippen LogP contribution in [0.15, 0.2) is 0 Å². The average molecular weight is 969 g/mol. The van der Waals surface area contributed by atoms with Gasteiger partial charge in [-0.2, -0.15) is 0 Å². The number of rotatable bonds is 12. The zero-order chi connectivity index (χ0) is 48.6. The highest BCUT2D eigenvalue weighted by Gasteiger charge is 2.72. The number of aliphatic hydroxyl groups excluding tert-OH is 2. The van der Waals surface area contributed by atoms with Crippen molar-refractivity contribution in [3.8, 4) is 0 Å². The van der Waals surface area contributed by atoms with Crippen LogP contribution >= 0.6 is 0 Å². The minimum atomic E-state index is -0.907. The quantitative estimate of drug-likeness (QED) is 0.204. The van der Waals surface area contributed by atoms with Crippen molar-refractivity contribution in [2.45, 2.75) is 255 Å². The highest BCUT2D eigenvalue weighted by atomic mass is 16.8. The van der Waals surface area contributed by atoms with Crippen LogP contribution in [-0.2, 0) is 75.9 Å². The van der Waals surface area contributed by atoms with E-state index in [2.05, 4.69) is 13.8 Å². The van der Waals surface area contributed by atoms with Crippen LogP contribution in [0.5, 0.6) is 0 Å². The summed E-state index contributed by atoms with van der Waals surface area (Å²) in [5.74, 6) is -0.792. The maximum Gasteiger partial charge on any atom is 0.303 e. The molecule has 6 saturated heterocycles. The van der Waals surface area contributed by atoms with Gasteiger partial charge in [-0.05, 0) is 91.4 Å². The molecule has 0 amide bonds. The van der Waals surface area contributed by atoms with Gasteiger partial charge in [-0.15, -0.1) is 0 Å². The maximum atomic E-state index is 14.0. The minimum absolute atomic E-state index is 0.00176. The Labute approximate surface area is 401 Å². The second-order valence-electron chi connectivity index (χ2n) is 22.1. The smallest absolute Gasteiger partial charge is 0.303 e. The standard InChI is InChI=1S/C50H80O18/c1-23-31-17-36(62-28(6)51)47(54)49(31,8)38-22-37-48(7)14-13-30(16-29(48)12-15-50(37,67-23)68-38)63-40-20-34(56-10)45(26(4)60-40)65-39-18-32(52)44(25(3)59-39)64-42-21-35(57-11)46(27(5)61-42)66-41-19-33(55-9)43(53)24(2)58-41/h23-27,29-46,52-53H,12-22H2,1-11H3/t23-,24+,25+,26+,27+,29-,30-,31-,32-,33+,34+,35+,36-,37+,38+,39-,40-,41-,42-,43+,44+,45+,46+,48-,49-,50-/m0/s1. The lowest BCUT2D eigenvalue weighted by Crippen LogP contribution is -2.58. The van der Waals surface area contributed by atoms with Gasteiger partial charge in [-0.25, -0.2) is 0 Å². The molecular formula is C50H80O18. The molecule has 3 aliphatic carbocycles. The van der Waals surface area contributed by atoms with Gasteiger partial charge in [0.05, 0.1) is 72.6 Å². The third kappa shape index (κ3) is 9.39. The van der Waals surface area contributed by atoms with E-state index in [-0.39, 0.29) is 66.1 Å². The number of ether oxygens (including phenoxy) is 14. The molecule has 6 aliphatic heterocycles. The Hall–Kier alpha value is -1.46. The fraction of sp³-hybridized carbons (Fsp3) is 0.960. The fourth-order valence-electron chi connectivity index (χ4n) is 14.4. The first-order valence-corrected chi connectivity index (χ1v) is 25.6. The summed E-state index contributed by atoms with van der Waals surface area (Å²) in [6.07, 6.45) is -3.09. The van der Waals surface area contributed by atoms with Crippen molar-refractivity contribution in [2.75, 3.05) is 21.3 Å². The van der Waals surface area contributed by atoms with Crippen molar-refractivity contribution in [3.63, 3.8) is 0 Å². The van der Waals surface area contributed by atoms with Crippen LogP contribution in [0.4, 0.5) is 0 Å². The van der Waals surface area contributed by atoms with Crippen molar-refractivity contribution in [1.82, 2.24) is 0 Å². The Balaban J connectivity index is 0.756. The second-order valence-corrected chi connectivity index (χ2v) is 22.1. The number of carbonyl (C=O) groups is 2. The summed E-state index contributed by atoms with van der Waals surface area (Å²) in [7, 11) is 4.85. The van der Waals surface area contributed by atoms with Crippen molar-refractivity contribution in [1.29, 1.82) is 0 Å². The number of Topliss-reactive ketones (excluding diaryl/α,β-unsaturated/α-hetero) is 1. The first-order chi connectivity index (χ1) is 32.3. The third-order valence-electron chi connectivity index (χ3n) is 18.2. The van der Waals surface area contributed by atoms with Gasteiger partial charge in [0.15, 0.2) is 42.8 Å². The highest BCUT2D eigenvalue weighted by Crippen LogP contribution is 2.67. The molecule has 9 fully saturated rings. The van der Waals surface area contributed by atoms with Gasteiger partial charge >= 0.3 is 5.97 Å². The molecule has 18 heteroatoms. The largest absolute Gasteiger partial charge is 0.455 e. The lowest BCUT2D eigenvalue weighted by molar-refractivity contribution is -0.346. The molecule has 2 bridgehead atoms. The zero-order valence-electron chi connectivity index (χ0n) is 42.0. The molecular weight excluding hydrogens is 889 g/mol. The molecule has 0 unspecified atom stereocenters. The molecule has 388 valence electrons. The van der Waals surface area contributed by atoms with E-state index < -0.39 is 103 Å². The highest BCUT2D eigenvalue weighted by molar-refractivity contribution is 5.93. The van der Waals surface area contributed by atoms with E-state index in [0.29, 0.717) is 31.6 Å². The van der Waals surface area contributed by atoms with Gasteiger partial charge in [0.25, 0.3) is 0 Å². The number of carbonyl (C=O) groups excluding carboxylic acids is 2. The monoisotopic (exact) mass is 969 g/mol. The number of esters is 1. The molecule has 1 spiro atoms. The molecule has 3 saturated carbocycles. The van der Waals surface area contributed by atoms with Gasteiger partial charge in [-0.1, -0.05) is 6.92 Å². The maximum absolute atomic E-state index is 14.0. The van der Waals surface area contributed by atoms with Crippen molar-refractivity contribution in [2.24, 2.45) is 28.6 Å². The molecule has 68 heavy (non-hydrogen) atoms. The van der Waals surface area contributed by atoms with E-state index in [9.17, 15) is 19.8 Å². The van der Waals surface area contributed by atoms with Crippen LogP contribution in [0.3, 0.4) is 0 Å². The summed E-state index contributed by atoms with van der Waals surface area (Å²) in [6.45, 7) is 15.3. The third-order valence-corrected chi connectivity index (χ3v) is 18.2. The Morgan fingerprint density at radius 1 is 0.618 bits per heavy atom. The molecule has 9 rings (SSSR count). The molecule has 6 heterocycles. The predicted molar refractivity (Wildman–Crippen MR) is 237 cm³/mol. The van der Waals surface area contributed by atoms with E-state index in [0.717, 1.165) is 38.5 Å². The predicted octanol–water partition coefficient (Wildman–Crippen LogP) is 4.48. The van der Waals surface area contributed by atoms with E-state index in [1.165, 1.54) is 6.92 Å². The molecule has 9 aliphatic rings. The van der Waals surface area contributed by atoms with E-state index in [1.807, 2.05) is 27.7 Å². The number of aliphatic hydroxyl groups is 2. The number of fused-ring (bicyclic) bond motifs is 5. The summed E-state index contributed by atoms with van der Waals surface area (Å²) in [6, 6.07) is 0. The van der Waals surface area contributed by atoms with Crippen molar-refractivity contribution >= 4 is 11.8 Å². The van der Waals surface area contributed by atoms with Crippen LogP contribution in [0.2, 0.25) is 0 Å². The molecule has 26 atom stereocenters. The zero-order valence-corrected chi connectivity index (χ0v) is 42.0. The summed E-state index contributed by atoms with van der Waals surface area (Å²) >= 11 is 0. The van der Waals surface area contributed by atoms with Gasteiger partial charge < -0.3 is 76.5 Å². The van der Waals surface area contributed by atoms with Crippen LogP contribution in [0.25, 0.3) is 0 Å². The molecule has 18 nitrogen and oxygen atoms in total. The number of methoxy groups -OCH3 is 3. The Morgan fingerprint density at radius 2 is 1.16 bits per heavy atom. The number of hydrogen-bond acceptors (Lipinski definition) is 18. The number of ketones is 1. The SMILES string of the molecule is CO[C@@H]1C[C@H](O[C@@H]2[C@@H](C)O[C@@H](O[C@H]3[C@@H](O)C[C@H](O[C@@H]4[C@@H](C)O[C@@H](O[C@H]5CC[C@@]6(C)[C@@H](CC[C@@]78O[C@@H](C)[C@@H]9C[C@H](OC(C)=O)C(=O)[C@]9(C)[C@@H](C[C@@H]76)O8)C5)C[C@H]4OC)O[C@@H]3C)C[C@H]2OC)O[C@H](C)[C@H]1O. The Morgan fingerprint density at radius 3 is 1.75 bits per heavy atom. The lowest BCUT2D eigenvalue weighted by atomic mass is 9.52. The topological polar surface area (TPSA) is 204 Å².